The lowest BCUT2D eigenvalue weighted by atomic mass is 10.1. The second-order valence-corrected chi connectivity index (χ2v) is 6.68. The van der Waals surface area contributed by atoms with Gasteiger partial charge in [-0.1, -0.05) is 42.5 Å². The smallest absolute Gasteiger partial charge is 0.253 e. The molecule has 3 nitrogen and oxygen atoms in total. The van der Waals surface area contributed by atoms with Gasteiger partial charge < -0.3 is 9.80 Å². The Balaban J connectivity index is 1.47. The fourth-order valence-electron chi connectivity index (χ4n) is 3.50. The number of rotatable bonds is 2. The molecule has 3 heteroatoms. The molecule has 0 unspecified atom stereocenters. The van der Waals surface area contributed by atoms with E-state index in [9.17, 15) is 4.79 Å². The lowest BCUT2D eigenvalue weighted by Gasteiger charge is -2.36. The standard InChI is InChI=1S/C22H22N2O/c1-17-5-4-8-21(15-17)23-11-13-24(14-12-23)22(25)20-10-9-18-6-2-3-7-19(18)16-20/h2-10,15-16H,11-14H2,1H3. The summed E-state index contributed by atoms with van der Waals surface area (Å²) in [6.07, 6.45) is 0. The minimum Gasteiger partial charge on any atom is -0.368 e. The van der Waals surface area contributed by atoms with Crippen molar-refractivity contribution in [1.29, 1.82) is 0 Å². The molecule has 1 heterocycles. The molecule has 3 aromatic rings. The first-order valence-corrected chi connectivity index (χ1v) is 8.80. The van der Waals surface area contributed by atoms with Gasteiger partial charge in [-0.3, -0.25) is 4.79 Å². The van der Waals surface area contributed by atoms with E-state index in [-0.39, 0.29) is 5.91 Å². The minimum atomic E-state index is 0.134. The molecule has 1 aliphatic rings. The normalized spacial score (nSPS) is 14.8. The summed E-state index contributed by atoms with van der Waals surface area (Å²) in [5.74, 6) is 0.134. The average molecular weight is 330 g/mol. The molecule has 0 N–H and O–H groups in total. The van der Waals surface area contributed by atoms with Crippen LogP contribution in [0.5, 0.6) is 0 Å². The van der Waals surface area contributed by atoms with Gasteiger partial charge >= 0.3 is 0 Å². The van der Waals surface area contributed by atoms with Gasteiger partial charge in [0.05, 0.1) is 0 Å². The van der Waals surface area contributed by atoms with Crippen LogP contribution in [0.4, 0.5) is 5.69 Å². The number of amides is 1. The van der Waals surface area contributed by atoms with E-state index >= 15 is 0 Å². The Labute approximate surface area is 148 Å². The van der Waals surface area contributed by atoms with Gasteiger partial charge in [-0.25, -0.2) is 0 Å². The van der Waals surface area contributed by atoms with Crippen LogP contribution in [0.3, 0.4) is 0 Å². The third kappa shape index (κ3) is 3.22. The van der Waals surface area contributed by atoms with Gasteiger partial charge in [0.2, 0.25) is 0 Å². The van der Waals surface area contributed by atoms with Crippen LogP contribution in [0.2, 0.25) is 0 Å². The van der Waals surface area contributed by atoms with Crippen LogP contribution < -0.4 is 4.90 Å². The predicted octanol–water partition coefficient (Wildman–Crippen LogP) is 4.11. The van der Waals surface area contributed by atoms with Crippen molar-refractivity contribution >= 4 is 22.4 Å². The van der Waals surface area contributed by atoms with Gasteiger partial charge in [0, 0.05) is 37.4 Å². The van der Waals surface area contributed by atoms with E-state index in [2.05, 4.69) is 48.2 Å². The molecule has 1 aliphatic heterocycles. The molecular weight excluding hydrogens is 308 g/mol. The van der Waals surface area contributed by atoms with Gasteiger partial charge in [0.25, 0.3) is 5.91 Å². The number of carbonyl (C=O) groups is 1. The third-order valence-electron chi connectivity index (χ3n) is 4.93. The number of carbonyl (C=O) groups excluding carboxylic acids is 1. The lowest BCUT2D eigenvalue weighted by Crippen LogP contribution is -2.48. The molecule has 3 aromatic carbocycles. The Morgan fingerprint density at radius 3 is 2.32 bits per heavy atom. The predicted molar refractivity (Wildman–Crippen MR) is 103 cm³/mol. The lowest BCUT2D eigenvalue weighted by molar-refractivity contribution is 0.0747. The quantitative estimate of drug-likeness (QED) is 0.706. The molecule has 4 rings (SSSR count). The van der Waals surface area contributed by atoms with E-state index in [1.165, 1.54) is 16.6 Å². The van der Waals surface area contributed by atoms with Gasteiger partial charge in [0.15, 0.2) is 0 Å². The minimum absolute atomic E-state index is 0.134. The SMILES string of the molecule is Cc1cccc(N2CCN(C(=O)c3ccc4ccccc4c3)CC2)c1. The molecule has 126 valence electrons. The van der Waals surface area contributed by atoms with E-state index in [0.717, 1.165) is 37.1 Å². The maximum absolute atomic E-state index is 12.8. The first-order valence-electron chi connectivity index (χ1n) is 8.80. The largest absolute Gasteiger partial charge is 0.368 e. The van der Waals surface area contributed by atoms with Crippen molar-refractivity contribution in [2.45, 2.75) is 6.92 Å². The highest BCUT2D eigenvalue weighted by Gasteiger charge is 2.22. The van der Waals surface area contributed by atoms with Crippen LogP contribution in [-0.4, -0.2) is 37.0 Å². The molecule has 0 atom stereocenters. The van der Waals surface area contributed by atoms with Crippen LogP contribution in [-0.2, 0) is 0 Å². The molecule has 0 aromatic heterocycles. The van der Waals surface area contributed by atoms with E-state index in [0.29, 0.717) is 0 Å². The first-order chi connectivity index (χ1) is 12.2. The molecule has 0 bridgehead atoms. The number of anilines is 1. The van der Waals surface area contributed by atoms with E-state index in [1.54, 1.807) is 0 Å². The number of benzene rings is 3. The fourth-order valence-corrected chi connectivity index (χ4v) is 3.50. The fraction of sp³-hybridized carbons (Fsp3) is 0.227. The number of hydrogen-bond donors (Lipinski definition) is 0. The second-order valence-electron chi connectivity index (χ2n) is 6.68. The van der Waals surface area contributed by atoms with Crippen LogP contribution in [0.1, 0.15) is 15.9 Å². The second kappa shape index (κ2) is 6.60. The van der Waals surface area contributed by atoms with Crippen molar-refractivity contribution in [2.75, 3.05) is 31.1 Å². The van der Waals surface area contributed by atoms with E-state index < -0.39 is 0 Å². The average Bonchev–Trinajstić information content (AvgIpc) is 2.67. The van der Waals surface area contributed by atoms with Crippen molar-refractivity contribution in [3.63, 3.8) is 0 Å². The molecular formula is C22H22N2O. The van der Waals surface area contributed by atoms with Crippen LogP contribution in [0.25, 0.3) is 10.8 Å². The summed E-state index contributed by atoms with van der Waals surface area (Å²) in [7, 11) is 0. The number of piperazine rings is 1. The highest BCUT2D eigenvalue weighted by molar-refractivity contribution is 5.98. The summed E-state index contributed by atoms with van der Waals surface area (Å²) in [4.78, 5) is 17.2. The van der Waals surface area contributed by atoms with Crippen LogP contribution >= 0.6 is 0 Å². The number of aryl methyl sites for hydroxylation is 1. The Morgan fingerprint density at radius 1 is 0.800 bits per heavy atom. The molecule has 0 spiro atoms. The Morgan fingerprint density at radius 2 is 1.56 bits per heavy atom. The number of hydrogen-bond acceptors (Lipinski definition) is 2. The highest BCUT2D eigenvalue weighted by atomic mass is 16.2. The van der Waals surface area contributed by atoms with Gasteiger partial charge in [-0.2, -0.15) is 0 Å². The monoisotopic (exact) mass is 330 g/mol. The number of nitrogens with zero attached hydrogens (tertiary/aromatic N) is 2. The highest BCUT2D eigenvalue weighted by Crippen LogP contribution is 2.20. The summed E-state index contributed by atoms with van der Waals surface area (Å²) in [6.45, 7) is 5.40. The van der Waals surface area contributed by atoms with Gasteiger partial charge in [-0.05, 0) is 47.5 Å². The maximum atomic E-state index is 12.8. The number of fused-ring (bicyclic) bond motifs is 1. The zero-order chi connectivity index (χ0) is 17.2. The zero-order valence-electron chi connectivity index (χ0n) is 14.5. The summed E-state index contributed by atoms with van der Waals surface area (Å²) >= 11 is 0. The molecule has 0 radical (unpaired) electrons. The zero-order valence-corrected chi connectivity index (χ0v) is 14.5. The third-order valence-corrected chi connectivity index (χ3v) is 4.93. The Kier molecular flexibility index (Phi) is 4.14. The van der Waals surface area contributed by atoms with Crippen molar-refractivity contribution in [1.82, 2.24) is 4.90 Å². The van der Waals surface area contributed by atoms with Crippen LogP contribution in [0, 0.1) is 6.92 Å². The van der Waals surface area contributed by atoms with Gasteiger partial charge in [-0.15, -0.1) is 0 Å². The van der Waals surface area contributed by atoms with Crippen molar-refractivity contribution in [3.05, 3.63) is 77.9 Å². The van der Waals surface area contributed by atoms with Crippen molar-refractivity contribution in [2.24, 2.45) is 0 Å². The summed E-state index contributed by atoms with van der Waals surface area (Å²) < 4.78 is 0. The maximum Gasteiger partial charge on any atom is 0.253 e. The topological polar surface area (TPSA) is 23.6 Å². The Bertz CT molecular complexity index is 911. The summed E-state index contributed by atoms with van der Waals surface area (Å²) in [5, 5.41) is 2.29. The summed E-state index contributed by atoms with van der Waals surface area (Å²) in [5.41, 5.74) is 3.30. The first kappa shape index (κ1) is 15.7. The summed E-state index contributed by atoms with van der Waals surface area (Å²) in [6, 6.07) is 22.7. The van der Waals surface area contributed by atoms with Crippen LogP contribution in [0.15, 0.2) is 66.7 Å². The molecule has 0 saturated carbocycles. The molecule has 25 heavy (non-hydrogen) atoms. The van der Waals surface area contributed by atoms with E-state index in [1.807, 2.05) is 35.2 Å². The molecule has 1 amide bonds. The van der Waals surface area contributed by atoms with Crippen molar-refractivity contribution in [3.8, 4) is 0 Å². The van der Waals surface area contributed by atoms with Crippen molar-refractivity contribution < 1.29 is 4.79 Å². The van der Waals surface area contributed by atoms with Gasteiger partial charge in [0.1, 0.15) is 0 Å². The molecule has 0 aliphatic carbocycles. The Hall–Kier alpha value is -2.81. The van der Waals surface area contributed by atoms with E-state index in [4.69, 9.17) is 0 Å². The molecule has 1 fully saturated rings. The molecule has 1 saturated heterocycles.